The third kappa shape index (κ3) is 3.41. The molecule has 0 saturated carbocycles. The van der Waals surface area contributed by atoms with Crippen molar-refractivity contribution in [3.8, 4) is 5.75 Å². The van der Waals surface area contributed by atoms with Gasteiger partial charge >= 0.3 is 0 Å². The smallest absolute Gasteiger partial charge is 0.261 e. The Morgan fingerprint density at radius 1 is 1.21 bits per heavy atom. The topological polar surface area (TPSA) is 41.6 Å². The van der Waals surface area contributed by atoms with Gasteiger partial charge in [-0.1, -0.05) is 30.3 Å². The van der Waals surface area contributed by atoms with Gasteiger partial charge in [0.1, 0.15) is 5.75 Å². The number of carbonyl (C=O) groups is 1. The maximum absolute atomic E-state index is 12.6. The number of carbonyl (C=O) groups excluding carboxylic acids is 1. The Labute approximate surface area is 147 Å². The van der Waals surface area contributed by atoms with E-state index >= 15 is 0 Å². The molecule has 2 aromatic carbocycles. The molecule has 3 rings (SSSR count). The van der Waals surface area contributed by atoms with Crippen LogP contribution in [0.15, 0.2) is 48.5 Å². The number of rotatable bonds is 3. The van der Waals surface area contributed by atoms with E-state index in [4.69, 9.17) is 17.0 Å². The minimum absolute atomic E-state index is 0.243. The third-order valence-electron chi connectivity index (χ3n) is 4.01. The normalized spacial score (nSPS) is 13.1. The fourth-order valence-corrected chi connectivity index (χ4v) is 3.19. The second-order valence-corrected chi connectivity index (χ2v) is 5.96. The first-order valence-electron chi connectivity index (χ1n) is 8.13. The highest BCUT2D eigenvalue weighted by molar-refractivity contribution is 7.80. The van der Waals surface area contributed by atoms with Crippen molar-refractivity contribution in [2.75, 3.05) is 18.1 Å². The van der Waals surface area contributed by atoms with E-state index in [1.54, 1.807) is 12.1 Å². The van der Waals surface area contributed by atoms with Crippen molar-refractivity contribution in [3.05, 3.63) is 59.7 Å². The highest BCUT2D eigenvalue weighted by Crippen LogP contribution is 2.27. The molecule has 0 bridgehead atoms. The maximum atomic E-state index is 12.6. The van der Waals surface area contributed by atoms with Crippen LogP contribution in [0.4, 0.5) is 5.69 Å². The molecule has 0 atom stereocenters. The van der Waals surface area contributed by atoms with Crippen molar-refractivity contribution in [2.45, 2.75) is 19.8 Å². The van der Waals surface area contributed by atoms with Crippen LogP contribution in [0.2, 0.25) is 0 Å². The van der Waals surface area contributed by atoms with E-state index < -0.39 is 0 Å². The van der Waals surface area contributed by atoms with Crippen LogP contribution in [0.1, 0.15) is 29.3 Å². The Bertz CT molecular complexity index is 761. The fraction of sp³-hybridized carbons (Fsp3) is 0.263. The molecule has 4 nitrogen and oxygen atoms in total. The van der Waals surface area contributed by atoms with Crippen LogP contribution in [-0.4, -0.2) is 24.2 Å². The van der Waals surface area contributed by atoms with E-state index in [0.717, 1.165) is 25.1 Å². The summed E-state index contributed by atoms with van der Waals surface area (Å²) in [5.41, 5.74) is 2.83. The number of anilines is 1. The molecule has 0 fully saturated rings. The first kappa shape index (κ1) is 16.5. The number of hydrogen-bond acceptors (Lipinski definition) is 3. The van der Waals surface area contributed by atoms with Crippen LogP contribution < -0.4 is 15.0 Å². The number of aryl methyl sites for hydroxylation is 1. The van der Waals surface area contributed by atoms with Gasteiger partial charge in [0.25, 0.3) is 5.91 Å². The van der Waals surface area contributed by atoms with Crippen molar-refractivity contribution in [2.24, 2.45) is 0 Å². The molecule has 0 aliphatic carbocycles. The van der Waals surface area contributed by atoms with Crippen molar-refractivity contribution in [3.63, 3.8) is 0 Å². The van der Waals surface area contributed by atoms with E-state index in [0.29, 0.717) is 23.0 Å². The molecular weight excluding hydrogens is 320 g/mol. The Balaban J connectivity index is 1.77. The molecule has 0 spiro atoms. The number of nitrogens with one attached hydrogen (secondary N) is 1. The lowest BCUT2D eigenvalue weighted by molar-refractivity contribution is 0.0973. The summed E-state index contributed by atoms with van der Waals surface area (Å²) in [6.45, 7) is 3.21. The number of hydrogen-bond donors (Lipinski definition) is 1. The first-order valence-corrected chi connectivity index (χ1v) is 8.54. The van der Waals surface area contributed by atoms with Gasteiger partial charge in [-0.25, -0.2) is 0 Å². The van der Waals surface area contributed by atoms with Crippen LogP contribution in [0.3, 0.4) is 0 Å². The average molecular weight is 340 g/mol. The fourth-order valence-electron chi connectivity index (χ4n) is 2.91. The molecule has 0 saturated heterocycles. The zero-order valence-corrected chi connectivity index (χ0v) is 14.4. The second-order valence-electron chi connectivity index (χ2n) is 5.57. The largest absolute Gasteiger partial charge is 0.493 e. The lowest BCUT2D eigenvalue weighted by atomic mass is 10.0. The Morgan fingerprint density at radius 2 is 1.96 bits per heavy atom. The van der Waals surface area contributed by atoms with Gasteiger partial charge < -0.3 is 9.64 Å². The average Bonchev–Trinajstić information content (AvgIpc) is 2.62. The lowest BCUT2D eigenvalue weighted by Gasteiger charge is -2.31. The summed E-state index contributed by atoms with van der Waals surface area (Å²) in [5.74, 6) is 0.325. The minimum atomic E-state index is -0.243. The Kier molecular flexibility index (Phi) is 5.11. The van der Waals surface area contributed by atoms with Crippen molar-refractivity contribution < 1.29 is 9.53 Å². The standard InChI is InChI=1S/C19H20N2O2S/c1-2-23-17-12-6-4-10-15(17)18(22)20-19(24)21-13-7-9-14-8-3-5-11-16(14)21/h3-6,8,10-12H,2,7,9,13H2,1H3,(H,20,22,24). The highest BCUT2D eigenvalue weighted by atomic mass is 32.1. The van der Waals surface area contributed by atoms with Crippen LogP contribution in [0.5, 0.6) is 5.75 Å². The van der Waals surface area contributed by atoms with Gasteiger partial charge in [-0.05, 0) is 55.7 Å². The molecule has 1 amide bonds. The summed E-state index contributed by atoms with van der Waals surface area (Å²) in [4.78, 5) is 14.6. The number of para-hydroxylation sites is 2. The molecule has 1 aliphatic heterocycles. The second kappa shape index (κ2) is 7.45. The molecular formula is C19H20N2O2S. The number of nitrogens with zero attached hydrogens (tertiary/aromatic N) is 1. The van der Waals surface area contributed by atoms with Crippen LogP contribution in [-0.2, 0) is 6.42 Å². The van der Waals surface area contributed by atoms with Gasteiger partial charge in [0, 0.05) is 12.2 Å². The minimum Gasteiger partial charge on any atom is -0.493 e. The van der Waals surface area contributed by atoms with E-state index in [9.17, 15) is 4.79 Å². The number of benzene rings is 2. The van der Waals surface area contributed by atoms with Gasteiger partial charge in [-0.3, -0.25) is 10.1 Å². The van der Waals surface area contributed by atoms with Crippen molar-refractivity contribution in [1.29, 1.82) is 0 Å². The number of thiocarbonyl (C=S) groups is 1. The zero-order chi connectivity index (χ0) is 16.9. The van der Waals surface area contributed by atoms with Gasteiger partial charge in [-0.15, -0.1) is 0 Å². The Morgan fingerprint density at radius 3 is 2.79 bits per heavy atom. The highest BCUT2D eigenvalue weighted by Gasteiger charge is 2.22. The van der Waals surface area contributed by atoms with Crippen LogP contribution in [0, 0.1) is 0 Å². The molecule has 5 heteroatoms. The Hall–Kier alpha value is -2.40. The van der Waals surface area contributed by atoms with Gasteiger partial charge in [0.15, 0.2) is 5.11 Å². The molecule has 24 heavy (non-hydrogen) atoms. The van der Waals surface area contributed by atoms with Gasteiger partial charge in [-0.2, -0.15) is 0 Å². The van der Waals surface area contributed by atoms with E-state index in [-0.39, 0.29) is 5.91 Å². The summed E-state index contributed by atoms with van der Waals surface area (Å²) < 4.78 is 5.52. The van der Waals surface area contributed by atoms with E-state index in [1.165, 1.54) is 5.56 Å². The third-order valence-corrected chi connectivity index (χ3v) is 4.33. The van der Waals surface area contributed by atoms with Crippen LogP contribution >= 0.6 is 12.2 Å². The summed E-state index contributed by atoms with van der Waals surface area (Å²) in [6.07, 6.45) is 2.05. The monoisotopic (exact) mass is 340 g/mol. The van der Waals surface area contributed by atoms with E-state index in [2.05, 4.69) is 11.4 Å². The maximum Gasteiger partial charge on any atom is 0.261 e. The predicted octanol–water partition coefficient (Wildman–Crippen LogP) is 3.55. The first-order chi connectivity index (χ1) is 11.7. The molecule has 124 valence electrons. The van der Waals surface area contributed by atoms with Gasteiger partial charge in [0.05, 0.1) is 12.2 Å². The van der Waals surface area contributed by atoms with Crippen molar-refractivity contribution >= 4 is 28.9 Å². The molecule has 0 radical (unpaired) electrons. The number of fused-ring (bicyclic) bond motifs is 1. The number of amides is 1. The summed E-state index contributed by atoms with van der Waals surface area (Å²) >= 11 is 5.49. The quantitative estimate of drug-likeness (QED) is 0.868. The predicted molar refractivity (Wildman–Crippen MR) is 99.8 cm³/mol. The van der Waals surface area contributed by atoms with Crippen LogP contribution in [0.25, 0.3) is 0 Å². The lowest BCUT2D eigenvalue weighted by Crippen LogP contribution is -2.45. The molecule has 1 N–H and O–H groups in total. The summed E-state index contributed by atoms with van der Waals surface area (Å²) in [7, 11) is 0. The molecule has 0 unspecified atom stereocenters. The van der Waals surface area contributed by atoms with E-state index in [1.807, 2.05) is 42.2 Å². The summed E-state index contributed by atoms with van der Waals surface area (Å²) in [5, 5.41) is 3.27. The van der Waals surface area contributed by atoms with Gasteiger partial charge in [0.2, 0.25) is 0 Å². The summed E-state index contributed by atoms with van der Waals surface area (Å²) in [6, 6.07) is 15.4. The SMILES string of the molecule is CCOc1ccccc1C(=O)NC(=S)N1CCCc2ccccc21. The molecule has 2 aromatic rings. The molecule has 0 aromatic heterocycles. The number of ether oxygens (including phenoxy) is 1. The molecule has 1 aliphatic rings. The molecule has 1 heterocycles. The van der Waals surface area contributed by atoms with Crippen molar-refractivity contribution in [1.82, 2.24) is 5.32 Å². The zero-order valence-electron chi connectivity index (χ0n) is 13.6.